The minimum absolute atomic E-state index is 0.100. The lowest BCUT2D eigenvalue weighted by molar-refractivity contribution is 0.355. The summed E-state index contributed by atoms with van der Waals surface area (Å²) in [4.78, 5) is 6.87. The summed E-state index contributed by atoms with van der Waals surface area (Å²) in [5.41, 5.74) is 7.38. The first-order valence-electron chi connectivity index (χ1n) is 6.54. The van der Waals surface area contributed by atoms with Crippen LogP contribution in [0.25, 0.3) is 0 Å². The summed E-state index contributed by atoms with van der Waals surface area (Å²) < 4.78 is 0. The standard InChI is InChI=1S/C14H22N4/c1-9-6-10(2)8-18(7-9)14-12(13(15)16)5-4-11(3)17-14/h4-5,9-10H,6-8H2,1-3H3,(H3,15,16). The van der Waals surface area contributed by atoms with Gasteiger partial charge in [-0.1, -0.05) is 13.8 Å². The van der Waals surface area contributed by atoms with Crippen molar-refractivity contribution in [2.75, 3.05) is 18.0 Å². The van der Waals surface area contributed by atoms with Crippen molar-refractivity contribution in [1.29, 1.82) is 5.41 Å². The molecule has 0 amide bonds. The first-order valence-corrected chi connectivity index (χ1v) is 6.54. The lowest BCUT2D eigenvalue weighted by Gasteiger charge is -2.36. The highest BCUT2D eigenvalue weighted by molar-refractivity contribution is 5.99. The van der Waals surface area contributed by atoms with Gasteiger partial charge in [-0.3, -0.25) is 5.41 Å². The largest absolute Gasteiger partial charge is 0.384 e. The SMILES string of the molecule is Cc1ccc(C(=N)N)c(N2CC(C)CC(C)C2)n1. The molecule has 0 aromatic carbocycles. The van der Waals surface area contributed by atoms with Crippen molar-refractivity contribution in [3.05, 3.63) is 23.4 Å². The van der Waals surface area contributed by atoms with Gasteiger partial charge in [-0.05, 0) is 37.3 Å². The summed E-state index contributed by atoms with van der Waals surface area (Å²) in [7, 11) is 0. The molecule has 0 bridgehead atoms. The molecule has 1 fully saturated rings. The van der Waals surface area contributed by atoms with Crippen molar-refractivity contribution in [2.45, 2.75) is 27.2 Å². The molecule has 2 unspecified atom stereocenters. The van der Waals surface area contributed by atoms with E-state index < -0.39 is 0 Å². The van der Waals surface area contributed by atoms with Crippen molar-refractivity contribution >= 4 is 11.7 Å². The summed E-state index contributed by atoms with van der Waals surface area (Å²) in [5.74, 6) is 2.30. The number of amidine groups is 1. The van der Waals surface area contributed by atoms with Crippen LogP contribution in [0, 0.1) is 24.2 Å². The maximum atomic E-state index is 7.68. The molecular formula is C14H22N4. The fourth-order valence-corrected chi connectivity index (χ4v) is 2.83. The number of nitrogens with two attached hydrogens (primary N) is 1. The molecule has 2 atom stereocenters. The highest BCUT2D eigenvalue weighted by Crippen LogP contribution is 2.27. The molecule has 0 radical (unpaired) electrons. The van der Waals surface area contributed by atoms with Crippen LogP contribution < -0.4 is 10.6 Å². The lowest BCUT2D eigenvalue weighted by Crippen LogP contribution is -2.40. The van der Waals surface area contributed by atoms with Gasteiger partial charge >= 0.3 is 0 Å². The number of piperidine rings is 1. The van der Waals surface area contributed by atoms with Crippen molar-refractivity contribution in [1.82, 2.24) is 4.98 Å². The zero-order chi connectivity index (χ0) is 13.3. The number of hydrogen-bond acceptors (Lipinski definition) is 3. The Morgan fingerprint density at radius 1 is 1.33 bits per heavy atom. The zero-order valence-corrected chi connectivity index (χ0v) is 11.4. The van der Waals surface area contributed by atoms with Gasteiger partial charge in [0.25, 0.3) is 0 Å². The number of aryl methyl sites for hydroxylation is 1. The summed E-state index contributed by atoms with van der Waals surface area (Å²) in [5, 5.41) is 7.68. The van der Waals surface area contributed by atoms with E-state index in [9.17, 15) is 0 Å². The molecule has 0 aliphatic carbocycles. The molecule has 2 heterocycles. The molecule has 1 aliphatic heterocycles. The average molecular weight is 246 g/mol. The van der Waals surface area contributed by atoms with Gasteiger partial charge in [-0.25, -0.2) is 4.98 Å². The van der Waals surface area contributed by atoms with Crippen LogP contribution in [-0.4, -0.2) is 23.9 Å². The van der Waals surface area contributed by atoms with Gasteiger partial charge in [0.2, 0.25) is 0 Å². The number of hydrogen-bond donors (Lipinski definition) is 2. The maximum absolute atomic E-state index is 7.68. The van der Waals surface area contributed by atoms with Gasteiger partial charge in [-0.2, -0.15) is 0 Å². The van der Waals surface area contributed by atoms with Crippen molar-refractivity contribution in [3.8, 4) is 0 Å². The van der Waals surface area contributed by atoms with E-state index in [1.165, 1.54) is 6.42 Å². The molecule has 0 spiro atoms. The number of pyridine rings is 1. The van der Waals surface area contributed by atoms with Crippen LogP contribution in [0.3, 0.4) is 0 Å². The lowest BCUT2D eigenvalue weighted by atomic mass is 9.91. The average Bonchev–Trinajstić information content (AvgIpc) is 2.27. The van der Waals surface area contributed by atoms with Crippen molar-refractivity contribution in [2.24, 2.45) is 17.6 Å². The van der Waals surface area contributed by atoms with Crippen LogP contribution in [0.5, 0.6) is 0 Å². The van der Waals surface area contributed by atoms with Gasteiger partial charge in [0.15, 0.2) is 0 Å². The number of nitrogens with one attached hydrogen (secondary N) is 1. The summed E-state index contributed by atoms with van der Waals surface area (Å²) >= 11 is 0. The Hall–Kier alpha value is -1.58. The van der Waals surface area contributed by atoms with Gasteiger partial charge in [0.1, 0.15) is 11.7 Å². The van der Waals surface area contributed by atoms with E-state index in [1.54, 1.807) is 0 Å². The molecule has 4 nitrogen and oxygen atoms in total. The van der Waals surface area contributed by atoms with Crippen LogP contribution in [-0.2, 0) is 0 Å². The van der Waals surface area contributed by atoms with E-state index >= 15 is 0 Å². The summed E-state index contributed by atoms with van der Waals surface area (Å²) in [6.45, 7) is 8.52. The summed E-state index contributed by atoms with van der Waals surface area (Å²) in [6.07, 6.45) is 1.26. The first-order chi connectivity index (χ1) is 8.47. The Morgan fingerprint density at radius 2 is 1.94 bits per heavy atom. The van der Waals surface area contributed by atoms with E-state index in [4.69, 9.17) is 11.1 Å². The van der Waals surface area contributed by atoms with Gasteiger partial charge < -0.3 is 10.6 Å². The molecule has 18 heavy (non-hydrogen) atoms. The topological polar surface area (TPSA) is 66.0 Å². The molecule has 4 heteroatoms. The quantitative estimate of drug-likeness (QED) is 0.620. The Balaban J connectivity index is 2.36. The fraction of sp³-hybridized carbons (Fsp3) is 0.571. The number of anilines is 1. The van der Waals surface area contributed by atoms with Crippen molar-refractivity contribution in [3.63, 3.8) is 0 Å². The molecule has 1 aromatic rings. The summed E-state index contributed by atoms with van der Waals surface area (Å²) in [6, 6.07) is 3.82. The van der Waals surface area contributed by atoms with E-state index in [0.29, 0.717) is 11.8 Å². The Kier molecular flexibility index (Phi) is 3.55. The molecule has 2 rings (SSSR count). The highest BCUT2D eigenvalue weighted by Gasteiger charge is 2.25. The van der Waals surface area contributed by atoms with Crippen LogP contribution in [0.1, 0.15) is 31.5 Å². The minimum Gasteiger partial charge on any atom is -0.384 e. The van der Waals surface area contributed by atoms with Crippen LogP contribution in [0.4, 0.5) is 5.82 Å². The second-order valence-corrected chi connectivity index (χ2v) is 5.59. The van der Waals surface area contributed by atoms with Gasteiger partial charge in [-0.15, -0.1) is 0 Å². The van der Waals surface area contributed by atoms with Crippen LogP contribution in [0.2, 0.25) is 0 Å². The zero-order valence-electron chi connectivity index (χ0n) is 11.4. The molecular weight excluding hydrogens is 224 g/mol. The first kappa shape index (κ1) is 12.9. The van der Waals surface area contributed by atoms with Crippen molar-refractivity contribution < 1.29 is 0 Å². The minimum atomic E-state index is 0.100. The Morgan fingerprint density at radius 3 is 2.50 bits per heavy atom. The second-order valence-electron chi connectivity index (χ2n) is 5.59. The van der Waals surface area contributed by atoms with Crippen LogP contribution in [0.15, 0.2) is 12.1 Å². The smallest absolute Gasteiger partial charge is 0.139 e. The van der Waals surface area contributed by atoms with Gasteiger partial charge in [0.05, 0.1) is 5.56 Å². The second kappa shape index (κ2) is 4.96. The number of nitrogen functional groups attached to an aromatic ring is 1. The van der Waals surface area contributed by atoms with E-state index in [2.05, 4.69) is 23.7 Å². The highest BCUT2D eigenvalue weighted by atomic mass is 15.2. The molecule has 0 saturated carbocycles. The molecule has 1 aromatic heterocycles. The third-order valence-corrected chi connectivity index (χ3v) is 3.47. The fourth-order valence-electron chi connectivity index (χ4n) is 2.83. The molecule has 1 aliphatic rings. The maximum Gasteiger partial charge on any atom is 0.139 e. The number of aromatic nitrogens is 1. The van der Waals surface area contributed by atoms with E-state index in [0.717, 1.165) is 30.2 Å². The predicted octanol–water partition coefficient (Wildman–Crippen LogP) is 2.16. The Labute approximate surface area is 109 Å². The third-order valence-electron chi connectivity index (χ3n) is 3.47. The predicted molar refractivity (Wildman–Crippen MR) is 75.1 cm³/mol. The third kappa shape index (κ3) is 2.63. The van der Waals surface area contributed by atoms with E-state index in [-0.39, 0.29) is 5.84 Å². The van der Waals surface area contributed by atoms with Crippen LogP contribution >= 0.6 is 0 Å². The Bertz CT molecular complexity index is 445. The molecule has 98 valence electrons. The van der Waals surface area contributed by atoms with Gasteiger partial charge in [0, 0.05) is 18.8 Å². The molecule has 1 saturated heterocycles. The molecule has 3 N–H and O–H groups in total. The van der Waals surface area contributed by atoms with E-state index in [1.807, 2.05) is 19.1 Å². The monoisotopic (exact) mass is 246 g/mol. The normalized spacial score (nSPS) is 24.1. The number of nitrogens with zero attached hydrogens (tertiary/aromatic N) is 2. The number of rotatable bonds is 2.